The van der Waals surface area contributed by atoms with Gasteiger partial charge in [0, 0.05) is 0 Å². The third kappa shape index (κ3) is 4.45. The summed E-state index contributed by atoms with van der Waals surface area (Å²) in [5.74, 6) is -12.9. The summed E-state index contributed by atoms with van der Waals surface area (Å²) in [5, 5.41) is -12.4. The van der Waals surface area contributed by atoms with Crippen molar-refractivity contribution in [1.82, 2.24) is 0 Å². The minimum atomic E-state index is -7.24. The number of ether oxygens (including phenoxy) is 2. The Hall–Kier alpha value is -1.00. The van der Waals surface area contributed by atoms with Gasteiger partial charge in [0.05, 0.1) is 0 Å². The summed E-state index contributed by atoms with van der Waals surface area (Å²) in [6, 6.07) is -15.6. The second-order valence-electron chi connectivity index (χ2n) is 3.97. The van der Waals surface area contributed by atoms with E-state index < -0.39 is 46.8 Å². The van der Waals surface area contributed by atoms with Crippen molar-refractivity contribution in [2.75, 3.05) is 0 Å². The first-order valence-electron chi connectivity index (χ1n) is 5.12. The van der Waals surface area contributed by atoms with Crippen LogP contribution in [0.2, 0.25) is 0 Å². The molecule has 0 heterocycles. The first kappa shape index (κ1) is 25.0. The van der Waals surface area contributed by atoms with Gasteiger partial charge in [0.25, 0.3) is 0 Å². The highest BCUT2D eigenvalue weighted by molar-refractivity contribution is 6.24. The lowest BCUT2D eigenvalue weighted by molar-refractivity contribution is -0.510. The molecule has 0 rings (SSSR count). The van der Waals surface area contributed by atoms with Crippen molar-refractivity contribution in [3.05, 3.63) is 0 Å². The molecule has 0 aromatic heterocycles. The third-order valence-electron chi connectivity index (χ3n) is 2.12. The van der Waals surface area contributed by atoms with Crippen LogP contribution >= 0.6 is 23.2 Å². The SMILES string of the molecule is O=C(F)C(F)(OC(F)(OC(F)(C(=O)F)C(F)(F)Cl)C(F)(F)F)C(F)(F)Cl. The van der Waals surface area contributed by atoms with E-state index in [9.17, 15) is 62.3 Å². The Kier molecular flexibility index (Phi) is 6.60. The van der Waals surface area contributed by atoms with Crippen molar-refractivity contribution in [2.45, 2.75) is 34.7 Å². The van der Waals surface area contributed by atoms with E-state index in [1.165, 1.54) is 0 Å². The summed E-state index contributed by atoms with van der Waals surface area (Å²) < 4.78 is 157. The van der Waals surface area contributed by atoms with E-state index >= 15 is 0 Å². The molecule has 0 N–H and O–H groups in total. The lowest BCUT2D eigenvalue weighted by Crippen LogP contribution is -2.63. The standard InChI is InChI=1S/C8Cl2F12O4/c9-5(15,16)3(13,1(11)23)25-8(22,7(19,20)21)26-4(14,2(12)24)6(10,17)18. The summed E-state index contributed by atoms with van der Waals surface area (Å²) >= 11 is 7.45. The van der Waals surface area contributed by atoms with Gasteiger partial charge in [0.15, 0.2) is 0 Å². The van der Waals surface area contributed by atoms with Crippen LogP contribution in [0.5, 0.6) is 0 Å². The van der Waals surface area contributed by atoms with Gasteiger partial charge in [0.2, 0.25) is 0 Å². The molecule has 2 atom stereocenters. The molecule has 154 valence electrons. The molecule has 0 aromatic rings. The van der Waals surface area contributed by atoms with Crippen LogP contribution in [-0.4, -0.2) is 46.8 Å². The molecule has 0 saturated heterocycles. The van der Waals surface area contributed by atoms with E-state index in [0.29, 0.717) is 0 Å². The summed E-state index contributed by atoms with van der Waals surface area (Å²) in [7, 11) is 0. The molecule has 0 saturated carbocycles. The summed E-state index contributed by atoms with van der Waals surface area (Å²) in [6.45, 7) is 0. The number of hydrogen-bond acceptors (Lipinski definition) is 4. The Morgan fingerprint density at radius 2 is 0.846 bits per heavy atom. The first-order valence-corrected chi connectivity index (χ1v) is 5.88. The van der Waals surface area contributed by atoms with E-state index in [1.807, 2.05) is 9.47 Å². The predicted molar refractivity (Wildman–Crippen MR) is 53.6 cm³/mol. The van der Waals surface area contributed by atoms with Crippen molar-refractivity contribution in [1.29, 1.82) is 0 Å². The van der Waals surface area contributed by atoms with Crippen LogP contribution < -0.4 is 0 Å². The van der Waals surface area contributed by atoms with Gasteiger partial charge in [-0.25, -0.2) is 0 Å². The van der Waals surface area contributed by atoms with Gasteiger partial charge >= 0.3 is 46.8 Å². The van der Waals surface area contributed by atoms with Gasteiger partial charge in [0.1, 0.15) is 0 Å². The van der Waals surface area contributed by atoms with Crippen LogP contribution in [0.25, 0.3) is 0 Å². The Balaban J connectivity index is 6.44. The molecule has 0 fully saturated rings. The van der Waals surface area contributed by atoms with Crippen LogP contribution in [-0.2, 0) is 19.1 Å². The van der Waals surface area contributed by atoms with E-state index in [0.717, 1.165) is 0 Å². The van der Waals surface area contributed by atoms with Gasteiger partial charge < -0.3 is 0 Å². The Morgan fingerprint density at radius 1 is 0.615 bits per heavy atom. The van der Waals surface area contributed by atoms with E-state index in [4.69, 9.17) is 0 Å². The monoisotopic (exact) mass is 458 g/mol. The second kappa shape index (κ2) is 6.87. The summed E-state index contributed by atoms with van der Waals surface area (Å²) in [5.41, 5.74) is 0. The van der Waals surface area contributed by atoms with Crippen molar-refractivity contribution < 1.29 is 71.7 Å². The van der Waals surface area contributed by atoms with Gasteiger partial charge in [-0.1, -0.05) is 0 Å². The van der Waals surface area contributed by atoms with Gasteiger partial charge in [-0.15, -0.1) is 0 Å². The Labute approximate surface area is 142 Å². The summed E-state index contributed by atoms with van der Waals surface area (Å²) in [6.07, 6.45) is -7.24. The molecule has 0 aliphatic heterocycles. The normalized spacial score (nSPS) is 20.7. The zero-order valence-corrected chi connectivity index (χ0v) is 12.4. The molecule has 0 amide bonds. The number of halogens is 14. The lowest BCUT2D eigenvalue weighted by atomic mass is 10.3. The molecule has 0 spiro atoms. The third-order valence-corrected chi connectivity index (χ3v) is 2.60. The summed E-state index contributed by atoms with van der Waals surface area (Å²) in [4.78, 5) is 20.2. The first-order chi connectivity index (χ1) is 11.1. The number of alkyl halides is 12. The Morgan fingerprint density at radius 3 is 0.962 bits per heavy atom. The fourth-order valence-corrected chi connectivity index (χ4v) is 1.14. The highest BCUT2D eigenvalue weighted by atomic mass is 35.5. The van der Waals surface area contributed by atoms with Gasteiger partial charge in [-0.05, 0) is 23.2 Å². The highest BCUT2D eigenvalue weighted by Crippen LogP contribution is 2.51. The zero-order valence-electron chi connectivity index (χ0n) is 10.9. The molecule has 4 nitrogen and oxygen atoms in total. The molecular weight excluding hydrogens is 459 g/mol. The molecule has 26 heavy (non-hydrogen) atoms. The predicted octanol–water partition coefficient (Wildman–Crippen LogP) is 4.19. The van der Waals surface area contributed by atoms with Crippen LogP contribution in [0.4, 0.5) is 52.7 Å². The molecule has 0 aliphatic rings. The van der Waals surface area contributed by atoms with Crippen molar-refractivity contribution in [3.8, 4) is 0 Å². The number of carbonyl (C=O) groups excluding carboxylic acids is 2. The average molecular weight is 459 g/mol. The van der Waals surface area contributed by atoms with Crippen LogP contribution in [0.3, 0.4) is 0 Å². The molecule has 0 aliphatic carbocycles. The van der Waals surface area contributed by atoms with Crippen LogP contribution in [0.15, 0.2) is 0 Å². The molecule has 0 radical (unpaired) electrons. The maximum atomic E-state index is 13.6. The molecule has 2 unspecified atom stereocenters. The van der Waals surface area contributed by atoms with Crippen molar-refractivity contribution >= 4 is 35.3 Å². The molecule has 0 aromatic carbocycles. The quantitative estimate of drug-likeness (QED) is 0.237. The smallest absolute Gasteiger partial charge is 0.264 e. The number of carbonyl (C=O) groups is 2. The minimum absolute atomic E-state index is 2.02. The van der Waals surface area contributed by atoms with E-state index in [2.05, 4.69) is 23.2 Å². The fraction of sp³-hybridized carbons (Fsp3) is 0.750. The molecule has 18 heteroatoms. The maximum absolute atomic E-state index is 13.6. The average Bonchev–Trinajstić information content (AvgIpc) is 2.33. The second-order valence-corrected chi connectivity index (χ2v) is 4.92. The van der Waals surface area contributed by atoms with Gasteiger partial charge in [-0.3, -0.25) is 19.1 Å². The van der Waals surface area contributed by atoms with Gasteiger partial charge in [-0.2, -0.15) is 52.7 Å². The largest absolute Gasteiger partial charge is 0.478 e. The Bertz CT molecular complexity index is 531. The van der Waals surface area contributed by atoms with Crippen molar-refractivity contribution in [2.24, 2.45) is 0 Å². The van der Waals surface area contributed by atoms with E-state index in [1.54, 1.807) is 0 Å². The van der Waals surface area contributed by atoms with Crippen LogP contribution in [0, 0.1) is 0 Å². The highest BCUT2D eigenvalue weighted by Gasteiger charge is 2.77. The minimum Gasteiger partial charge on any atom is -0.264 e. The molecular formula is C8Cl2F12O4. The van der Waals surface area contributed by atoms with Crippen molar-refractivity contribution in [3.63, 3.8) is 0 Å². The fourth-order valence-electron chi connectivity index (χ4n) is 0.917. The van der Waals surface area contributed by atoms with E-state index in [-0.39, 0.29) is 0 Å². The lowest BCUT2D eigenvalue weighted by Gasteiger charge is -2.37. The number of hydrogen-bond donors (Lipinski definition) is 0. The molecule has 0 bridgehead atoms. The number of rotatable bonds is 8. The topological polar surface area (TPSA) is 52.6 Å². The maximum Gasteiger partial charge on any atom is 0.478 e. The van der Waals surface area contributed by atoms with Crippen LogP contribution in [0.1, 0.15) is 0 Å². The zero-order chi connectivity index (χ0) is 21.6.